The molecule has 0 bridgehead atoms. The minimum atomic E-state index is -0.360. The summed E-state index contributed by atoms with van der Waals surface area (Å²) in [6, 6.07) is 20.1. The average Bonchev–Trinajstić information content (AvgIpc) is 2.58. The highest BCUT2D eigenvalue weighted by Crippen LogP contribution is 2.23. The van der Waals surface area contributed by atoms with E-state index in [1.54, 1.807) is 12.1 Å². The summed E-state index contributed by atoms with van der Waals surface area (Å²) in [6.45, 7) is 0. The third-order valence-electron chi connectivity index (χ3n) is 3.49. The molecular formula is C19H15FN2O. The Kier molecular flexibility index (Phi) is 4.06. The van der Waals surface area contributed by atoms with Crippen LogP contribution in [0.1, 0.15) is 15.9 Å². The second-order valence-electron chi connectivity index (χ2n) is 5.13. The smallest absolute Gasteiger partial charge is 0.193 e. The lowest BCUT2D eigenvalue weighted by atomic mass is 10.0. The van der Waals surface area contributed by atoms with Crippen molar-refractivity contribution in [3.63, 3.8) is 0 Å². The van der Waals surface area contributed by atoms with E-state index in [9.17, 15) is 9.18 Å². The third-order valence-corrected chi connectivity index (χ3v) is 3.49. The summed E-state index contributed by atoms with van der Waals surface area (Å²) in [4.78, 5) is 12.3. The van der Waals surface area contributed by atoms with E-state index in [1.165, 1.54) is 24.3 Å². The van der Waals surface area contributed by atoms with Crippen molar-refractivity contribution < 1.29 is 9.18 Å². The zero-order valence-corrected chi connectivity index (χ0v) is 12.3. The second kappa shape index (κ2) is 6.32. The minimum Gasteiger partial charge on any atom is -0.397 e. The summed E-state index contributed by atoms with van der Waals surface area (Å²) in [5.41, 5.74) is 9.18. The van der Waals surface area contributed by atoms with E-state index in [0.717, 1.165) is 11.4 Å². The van der Waals surface area contributed by atoms with Crippen molar-refractivity contribution in [3.8, 4) is 0 Å². The molecule has 4 heteroatoms. The summed E-state index contributed by atoms with van der Waals surface area (Å²) in [6.07, 6.45) is 0. The first-order valence-corrected chi connectivity index (χ1v) is 7.15. The number of nitrogen functional groups attached to an aromatic ring is 1. The van der Waals surface area contributed by atoms with Crippen molar-refractivity contribution in [1.29, 1.82) is 0 Å². The number of hydrogen-bond acceptors (Lipinski definition) is 3. The summed E-state index contributed by atoms with van der Waals surface area (Å²) in [5, 5.41) is 3.20. The standard InChI is InChI=1S/C19H15FN2O/c20-15-9-5-13(6-10-15)19(23)14-7-11-16(12-8-14)22-18-4-2-1-3-17(18)21/h1-12,22H,21H2. The van der Waals surface area contributed by atoms with Crippen LogP contribution in [0.25, 0.3) is 0 Å². The van der Waals surface area contributed by atoms with Crippen LogP contribution in [0.4, 0.5) is 21.5 Å². The largest absolute Gasteiger partial charge is 0.397 e. The van der Waals surface area contributed by atoms with Gasteiger partial charge in [0, 0.05) is 16.8 Å². The lowest BCUT2D eigenvalue weighted by Crippen LogP contribution is -2.02. The van der Waals surface area contributed by atoms with Crippen LogP contribution >= 0.6 is 0 Å². The van der Waals surface area contributed by atoms with Gasteiger partial charge in [-0.15, -0.1) is 0 Å². The van der Waals surface area contributed by atoms with Crippen LogP contribution < -0.4 is 11.1 Å². The van der Waals surface area contributed by atoms with E-state index >= 15 is 0 Å². The lowest BCUT2D eigenvalue weighted by Gasteiger charge is -2.09. The number of nitrogens with one attached hydrogen (secondary N) is 1. The lowest BCUT2D eigenvalue weighted by molar-refractivity contribution is 0.103. The molecular weight excluding hydrogens is 291 g/mol. The van der Waals surface area contributed by atoms with E-state index in [2.05, 4.69) is 5.32 Å². The minimum absolute atomic E-state index is 0.143. The molecule has 0 saturated heterocycles. The van der Waals surface area contributed by atoms with Gasteiger partial charge in [-0.05, 0) is 60.7 Å². The SMILES string of the molecule is Nc1ccccc1Nc1ccc(C(=O)c2ccc(F)cc2)cc1. The van der Waals surface area contributed by atoms with Crippen molar-refractivity contribution in [3.05, 3.63) is 89.7 Å². The molecule has 0 aromatic heterocycles. The predicted octanol–water partition coefficient (Wildman–Crippen LogP) is 4.38. The second-order valence-corrected chi connectivity index (χ2v) is 5.13. The maximum absolute atomic E-state index is 12.9. The number of hydrogen-bond donors (Lipinski definition) is 2. The first kappa shape index (κ1) is 14.8. The first-order chi connectivity index (χ1) is 11.1. The summed E-state index contributed by atoms with van der Waals surface area (Å²) in [5.74, 6) is -0.502. The van der Waals surface area contributed by atoms with E-state index < -0.39 is 0 Å². The number of ketones is 1. The molecule has 3 nitrogen and oxygen atoms in total. The Morgan fingerprint density at radius 1 is 0.826 bits per heavy atom. The van der Waals surface area contributed by atoms with Crippen LogP contribution in [-0.2, 0) is 0 Å². The van der Waals surface area contributed by atoms with Gasteiger partial charge in [0.2, 0.25) is 0 Å². The zero-order chi connectivity index (χ0) is 16.2. The molecule has 0 aliphatic rings. The van der Waals surface area contributed by atoms with Crippen molar-refractivity contribution in [2.45, 2.75) is 0 Å². The monoisotopic (exact) mass is 306 g/mol. The van der Waals surface area contributed by atoms with Crippen molar-refractivity contribution in [2.75, 3.05) is 11.1 Å². The highest BCUT2D eigenvalue weighted by atomic mass is 19.1. The van der Waals surface area contributed by atoms with E-state index in [0.29, 0.717) is 16.8 Å². The van der Waals surface area contributed by atoms with Crippen molar-refractivity contribution >= 4 is 22.8 Å². The Balaban J connectivity index is 1.78. The van der Waals surface area contributed by atoms with E-state index in [4.69, 9.17) is 5.73 Å². The van der Waals surface area contributed by atoms with E-state index in [-0.39, 0.29) is 11.6 Å². The molecule has 0 fully saturated rings. The molecule has 0 radical (unpaired) electrons. The molecule has 3 aromatic carbocycles. The Morgan fingerprint density at radius 2 is 1.39 bits per heavy atom. The zero-order valence-electron chi connectivity index (χ0n) is 12.3. The van der Waals surface area contributed by atoms with Crippen LogP contribution in [0.3, 0.4) is 0 Å². The van der Waals surface area contributed by atoms with Gasteiger partial charge in [-0.3, -0.25) is 4.79 Å². The molecule has 0 spiro atoms. The molecule has 23 heavy (non-hydrogen) atoms. The normalized spacial score (nSPS) is 10.3. The molecule has 3 N–H and O–H groups in total. The average molecular weight is 306 g/mol. The molecule has 0 heterocycles. The molecule has 0 amide bonds. The number of anilines is 3. The number of benzene rings is 3. The molecule has 114 valence electrons. The van der Waals surface area contributed by atoms with Crippen LogP contribution in [0.2, 0.25) is 0 Å². The molecule has 3 rings (SSSR count). The maximum Gasteiger partial charge on any atom is 0.193 e. The van der Waals surface area contributed by atoms with Crippen LogP contribution in [0, 0.1) is 5.82 Å². The molecule has 0 saturated carbocycles. The Morgan fingerprint density at radius 3 is 2.00 bits per heavy atom. The molecule has 0 atom stereocenters. The van der Waals surface area contributed by atoms with Gasteiger partial charge in [-0.2, -0.15) is 0 Å². The van der Waals surface area contributed by atoms with Crippen LogP contribution in [0.5, 0.6) is 0 Å². The fourth-order valence-electron chi connectivity index (χ4n) is 2.24. The van der Waals surface area contributed by atoms with Gasteiger partial charge >= 0.3 is 0 Å². The van der Waals surface area contributed by atoms with Gasteiger partial charge < -0.3 is 11.1 Å². The first-order valence-electron chi connectivity index (χ1n) is 7.15. The van der Waals surface area contributed by atoms with Gasteiger partial charge in [-0.25, -0.2) is 4.39 Å². The van der Waals surface area contributed by atoms with Gasteiger partial charge in [-0.1, -0.05) is 12.1 Å². The topological polar surface area (TPSA) is 55.1 Å². The number of para-hydroxylation sites is 2. The van der Waals surface area contributed by atoms with Crippen molar-refractivity contribution in [2.24, 2.45) is 0 Å². The highest BCUT2D eigenvalue weighted by Gasteiger charge is 2.09. The quantitative estimate of drug-likeness (QED) is 0.555. The molecule has 3 aromatic rings. The van der Waals surface area contributed by atoms with Gasteiger partial charge in [0.1, 0.15) is 5.82 Å². The summed E-state index contributed by atoms with van der Waals surface area (Å²) in [7, 11) is 0. The molecule has 0 aliphatic carbocycles. The number of carbonyl (C=O) groups is 1. The number of carbonyl (C=O) groups excluding carboxylic acids is 1. The molecule has 0 aliphatic heterocycles. The van der Waals surface area contributed by atoms with Crippen LogP contribution in [0.15, 0.2) is 72.8 Å². The van der Waals surface area contributed by atoms with Crippen LogP contribution in [-0.4, -0.2) is 5.78 Å². The Labute approximate surface area is 133 Å². The fourth-order valence-corrected chi connectivity index (χ4v) is 2.24. The summed E-state index contributed by atoms with van der Waals surface area (Å²) < 4.78 is 12.9. The van der Waals surface area contributed by atoms with Gasteiger partial charge in [0.05, 0.1) is 11.4 Å². The van der Waals surface area contributed by atoms with Crippen molar-refractivity contribution in [1.82, 2.24) is 0 Å². The molecule has 0 unspecified atom stereocenters. The maximum atomic E-state index is 12.9. The fraction of sp³-hybridized carbons (Fsp3) is 0. The van der Waals surface area contributed by atoms with Gasteiger partial charge in [0.15, 0.2) is 5.78 Å². The third kappa shape index (κ3) is 3.37. The van der Waals surface area contributed by atoms with Gasteiger partial charge in [0.25, 0.3) is 0 Å². The number of halogens is 1. The summed E-state index contributed by atoms with van der Waals surface area (Å²) >= 11 is 0. The number of nitrogens with two attached hydrogens (primary N) is 1. The van der Waals surface area contributed by atoms with E-state index in [1.807, 2.05) is 36.4 Å². The predicted molar refractivity (Wildman–Crippen MR) is 90.4 cm³/mol. The number of rotatable bonds is 4. The Bertz CT molecular complexity index is 827. The Hall–Kier alpha value is -3.14. The highest BCUT2D eigenvalue weighted by molar-refractivity contribution is 6.09.